The van der Waals surface area contributed by atoms with Crippen LogP contribution in [0.3, 0.4) is 0 Å². The number of guanidine groups is 1. The van der Waals surface area contributed by atoms with Crippen LogP contribution in [0.5, 0.6) is 11.5 Å². The van der Waals surface area contributed by atoms with Gasteiger partial charge >= 0.3 is 0 Å². The van der Waals surface area contributed by atoms with E-state index in [4.69, 9.17) is 22.1 Å². The summed E-state index contributed by atoms with van der Waals surface area (Å²) in [5.74, 6) is 1.95. The van der Waals surface area contributed by atoms with Crippen molar-refractivity contribution >= 4 is 40.9 Å². The number of nitrogens with zero attached hydrogens (tertiary/aromatic N) is 1. The summed E-state index contributed by atoms with van der Waals surface area (Å²) in [5, 5.41) is 3.87. The molecule has 4 N–H and O–H groups in total. The smallest absolute Gasteiger partial charge is 0.206 e. The number of para-hydroxylation sites is 2. The van der Waals surface area contributed by atoms with Gasteiger partial charge in [0, 0.05) is 5.69 Å². The fourth-order valence-electron chi connectivity index (χ4n) is 2.63. The minimum atomic E-state index is 0.518. The molecular formula is C20H17ClN4OS. The Kier molecular flexibility index (Phi) is 5.09. The molecule has 5 nitrogen and oxygen atoms in total. The van der Waals surface area contributed by atoms with Crippen LogP contribution in [0.15, 0.2) is 76.6 Å². The van der Waals surface area contributed by atoms with Crippen LogP contribution in [0, 0.1) is 0 Å². The maximum absolute atomic E-state index is 6.22. The lowest BCUT2D eigenvalue weighted by atomic mass is 10.2. The molecule has 0 fully saturated rings. The second kappa shape index (κ2) is 7.82. The zero-order chi connectivity index (χ0) is 18.6. The number of anilines is 2. The molecule has 136 valence electrons. The number of hydrogen-bond acceptors (Lipinski definition) is 4. The highest BCUT2D eigenvalue weighted by atomic mass is 35.5. The Morgan fingerprint density at radius 1 is 1.00 bits per heavy atom. The number of fused-ring (bicyclic) bond motifs is 1. The van der Waals surface area contributed by atoms with Crippen molar-refractivity contribution in [1.29, 1.82) is 0 Å². The van der Waals surface area contributed by atoms with Crippen LogP contribution in [0.25, 0.3) is 0 Å². The van der Waals surface area contributed by atoms with E-state index >= 15 is 0 Å². The molecule has 0 aliphatic carbocycles. The second-order valence-electron chi connectivity index (χ2n) is 5.90. The first-order valence-electron chi connectivity index (χ1n) is 8.33. The van der Waals surface area contributed by atoms with Gasteiger partial charge in [-0.3, -0.25) is 4.72 Å². The monoisotopic (exact) mass is 396 g/mol. The zero-order valence-corrected chi connectivity index (χ0v) is 15.8. The number of rotatable bonds is 4. The van der Waals surface area contributed by atoms with E-state index in [1.165, 1.54) is 11.9 Å². The van der Waals surface area contributed by atoms with Crippen LogP contribution in [0.4, 0.5) is 11.4 Å². The quantitative estimate of drug-likeness (QED) is 0.412. The molecule has 1 heterocycles. The van der Waals surface area contributed by atoms with E-state index in [2.05, 4.69) is 15.0 Å². The summed E-state index contributed by atoms with van der Waals surface area (Å²) in [6, 6.07) is 20.9. The molecule has 4 rings (SSSR count). The van der Waals surface area contributed by atoms with Gasteiger partial charge in [-0.15, -0.1) is 0 Å². The van der Waals surface area contributed by atoms with Gasteiger partial charge in [-0.25, -0.2) is 4.99 Å². The number of benzene rings is 3. The molecule has 1 aliphatic heterocycles. The number of nitrogens with two attached hydrogens (primary N) is 1. The standard InChI is InChI=1S/C20H17ClN4OS/c21-15-7-1-2-8-16(15)26-17-9-4-10-18-19(17)24-20(25-27-18)23-12-13-5-3-6-14(22)11-13/h1-11H,12,22H2,(H2,23,24,25). The fourth-order valence-corrected chi connectivity index (χ4v) is 3.53. The molecule has 0 atom stereocenters. The van der Waals surface area contributed by atoms with Gasteiger partial charge in [0.25, 0.3) is 0 Å². The van der Waals surface area contributed by atoms with Gasteiger partial charge < -0.3 is 15.8 Å². The van der Waals surface area contributed by atoms with Crippen LogP contribution in [0.1, 0.15) is 5.56 Å². The Morgan fingerprint density at radius 3 is 2.67 bits per heavy atom. The summed E-state index contributed by atoms with van der Waals surface area (Å²) in [7, 11) is 0. The third-order valence-electron chi connectivity index (χ3n) is 3.92. The highest BCUT2D eigenvalue weighted by Gasteiger charge is 2.19. The van der Waals surface area contributed by atoms with E-state index in [1.807, 2.05) is 60.7 Å². The van der Waals surface area contributed by atoms with Crippen molar-refractivity contribution in [3.63, 3.8) is 0 Å². The van der Waals surface area contributed by atoms with Gasteiger partial charge in [0.05, 0.1) is 22.2 Å². The Bertz CT molecular complexity index is 1010. The molecule has 0 amide bonds. The molecule has 0 aromatic heterocycles. The average molecular weight is 397 g/mol. The van der Waals surface area contributed by atoms with Gasteiger partial charge in [-0.05, 0) is 53.9 Å². The van der Waals surface area contributed by atoms with Crippen LogP contribution in [-0.2, 0) is 6.54 Å². The fraction of sp³-hybridized carbons (Fsp3) is 0.0500. The van der Waals surface area contributed by atoms with Crippen LogP contribution in [0.2, 0.25) is 5.02 Å². The molecular weight excluding hydrogens is 380 g/mol. The molecule has 7 heteroatoms. The minimum Gasteiger partial charge on any atom is -0.454 e. The van der Waals surface area contributed by atoms with Crippen LogP contribution >= 0.6 is 23.5 Å². The summed E-state index contributed by atoms with van der Waals surface area (Å²) < 4.78 is 9.23. The summed E-state index contributed by atoms with van der Waals surface area (Å²) in [6.07, 6.45) is 0. The Morgan fingerprint density at radius 2 is 1.81 bits per heavy atom. The Hall–Kier alpha value is -2.83. The average Bonchev–Trinajstić information content (AvgIpc) is 2.68. The highest BCUT2D eigenvalue weighted by Crippen LogP contribution is 2.40. The van der Waals surface area contributed by atoms with E-state index in [9.17, 15) is 0 Å². The van der Waals surface area contributed by atoms with E-state index < -0.39 is 0 Å². The highest BCUT2D eigenvalue weighted by molar-refractivity contribution is 7.98. The Balaban J connectivity index is 1.56. The van der Waals surface area contributed by atoms with Crippen molar-refractivity contribution in [3.05, 3.63) is 77.3 Å². The number of ether oxygens (including phenoxy) is 1. The van der Waals surface area contributed by atoms with Crippen molar-refractivity contribution in [2.75, 3.05) is 11.1 Å². The van der Waals surface area contributed by atoms with Gasteiger partial charge in [-0.2, -0.15) is 0 Å². The lowest BCUT2D eigenvalue weighted by molar-refractivity contribution is 0.484. The number of nitrogen functional groups attached to an aromatic ring is 1. The first-order valence-corrected chi connectivity index (χ1v) is 9.52. The molecule has 0 saturated heterocycles. The summed E-state index contributed by atoms with van der Waals surface area (Å²) in [5.41, 5.74) is 8.45. The first kappa shape index (κ1) is 17.6. The van der Waals surface area contributed by atoms with Gasteiger partial charge in [0.15, 0.2) is 5.75 Å². The lowest BCUT2D eigenvalue weighted by Crippen LogP contribution is -2.29. The summed E-state index contributed by atoms with van der Waals surface area (Å²) >= 11 is 7.70. The molecule has 0 saturated carbocycles. The number of halogens is 1. The van der Waals surface area contributed by atoms with E-state index in [0.29, 0.717) is 29.0 Å². The van der Waals surface area contributed by atoms with Gasteiger partial charge in [0.1, 0.15) is 5.75 Å². The minimum absolute atomic E-state index is 0.518. The molecule has 3 aromatic rings. The molecule has 0 spiro atoms. The number of aliphatic imine (C=N–C) groups is 1. The van der Waals surface area contributed by atoms with Gasteiger partial charge in [0.2, 0.25) is 5.96 Å². The maximum Gasteiger partial charge on any atom is 0.206 e. The normalized spacial score (nSPS) is 14.2. The molecule has 0 bridgehead atoms. The predicted molar refractivity (Wildman–Crippen MR) is 113 cm³/mol. The molecule has 1 aliphatic rings. The van der Waals surface area contributed by atoms with Crippen LogP contribution < -0.4 is 20.5 Å². The topological polar surface area (TPSA) is 71.7 Å². The van der Waals surface area contributed by atoms with E-state index in [-0.39, 0.29) is 0 Å². The molecule has 0 radical (unpaired) electrons. The van der Waals surface area contributed by atoms with E-state index in [1.54, 1.807) is 6.07 Å². The largest absolute Gasteiger partial charge is 0.454 e. The van der Waals surface area contributed by atoms with Crippen molar-refractivity contribution < 1.29 is 4.74 Å². The third kappa shape index (κ3) is 4.13. The van der Waals surface area contributed by atoms with Crippen molar-refractivity contribution in [1.82, 2.24) is 4.72 Å². The van der Waals surface area contributed by atoms with Crippen molar-refractivity contribution in [2.45, 2.75) is 11.4 Å². The number of nitrogens with one attached hydrogen (secondary N) is 2. The number of hydrogen-bond donors (Lipinski definition) is 3. The van der Waals surface area contributed by atoms with Crippen molar-refractivity contribution in [3.8, 4) is 11.5 Å². The third-order valence-corrected chi connectivity index (χ3v) is 5.08. The first-order chi connectivity index (χ1) is 13.2. The predicted octanol–water partition coefficient (Wildman–Crippen LogP) is 5.29. The van der Waals surface area contributed by atoms with Crippen molar-refractivity contribution in [2.24, 2.45) is 4.99 Å². The van der Waals surface area contributed by atoms with E-state index in [0.717, 1.165) is 21.8 Å². The summed E-state index contributed by atoms with van der Waals surface area (Å²) in [6.45, 7) is 0.518. The molecule has 0 unspecified atom stereocenters. The molecule has 27 heavy (non-hydrogen) atoms. The maximum atomic E-state index is 6.22. The van der Waals surface area contributed by atoms with Gasteiger partial charge in [-0.1, -0.05) is 41.9 Å². The second-order valence-corrected chi connectivity index (χ2v) is 7.16. The van der Waals surface area contributed by atoms with Crippen LogP contribution in [-0.4, -0.2) is 5.96 Å². The lowest BCUT2D eigenvalue weighted by Gasteiger charge is -2.23. The zero-order valence-electron chi connectivity index (χ0n) is 14.3. The SMILES string of the molecule is Nc1cccc(CN=C2NSc3cccc(Oc4ccccc4Cl)c3N2)c1. The molecule has 3 aromatic carbocycles. The Labute approximate surface area is 166 Å². The summed E-state index contributed by atoms with van der Waals surface area (Å²) in [4.78, 5) is 5.61.